The number of aromatic nitrogens is 3. The number of fused-ring (bicyclic) bond motifs is 1. The Labute approximate surface area is 198 Å². The predicted octanol–water partition coefficient (Wildman–Crippen LogP) is 6.20. The Hall–Kier alpha value is -2.51. The zero-order valence-electron chi connectivity index (χ0n) is 21.2. The number of hydrogen-bond donors (Lipinski definition) is 1. The average Bonchev–Trinajstić information content (AvgIpc) is 3.15. The molecule has 0 bridgehead atoms. The first kappa shape index (κ1) is 25.1. The molecule has 0 saturated carbocycles. The molecule has 1 heterocycles. The number of carboxylic acid groups (broad SMARTS) is 1. The van der Waals surface area contributed by atoms with Crippen molar-refractivity contribution in [1.29, 1.82) is 0 Å². The first-order valence-corrected chi connectivity index (χ1v) is 14.5. The van der Waals surface area contributed by atoms with Crippen LogP contribution in [-0.2, 0) is 22.4 Å². The van der Waals surface area contributed by atoms with E-state index in [4.69, 9.17) is 4.43 Å². The van der Waals surface area contributed by atoms with E-state index in [2.05, 4.69) is 63.2 Å². The maximum Gasteiger partial charge on any atom is 0.304 e. The van der Waals surface area contributed by atoms with Crippen molar-refractivity contribution in [2.75, 3.05) is 0 Å². The lowest BCUT2D eigenvalue weighted by atomic mass is 9.84. The maximum atomic E-state index is 11.8. The van der Waals surface area contributed by atoms with Crippen LogP contribution in [0.5, 0.6) is 0 Å². The highest BCUT2D eigenvalue weighted by atomic mass is 28.4. The summed E-state index contributed by atoms with van der Waals surface area (Å²) in [4.78, 5) is 11.8. The van der Waals surface area contributed by atoms with Crippen molar-refractivity contribution in [2.45, 2.75) is 85.2 Å². The number of carbonyl (C=O) groups is 1. The van der Waals surface area contributed by atoms with Crippen LogP contribution < -0.4 is 0 Å². The van der Waals surface area contributed by atoms with Gasteiger partial charge in [0.05, 0.1) is 18.5 Å². The third kappa shape index (κ3) is 5.19. The molecule has 7 heteroatoms. The lowest BCUT2D eigenvalue weighted by molar-refractivity contribution is -0.137. The van der Waals surface area contributed by atoms with E-state index < -0.39 is 14.3 Å². The maximum absolute atomic E-state index is 11.8. The highest BCUT2D eigenvalue weighted by Crippen LogP contribution is 2.38. The molecule has 33 heavy (non-hydrogen) atoms. The summed E-state index contributed by atoms with van der Waals surface area (Å²) in [5.74, 6) is -1.10. The van der Waals surface area contributed by atoms with Crippen molar-refractivity contribution < 1.29 is 14.3 Å². The largest absolute Gasteiger partial charge is 0.481 e. The van der Waals surface area contributed by atoms with Crippen molar-refractivity contribution >= 4 is 25.3 Å². The molecule has 0 spiro atoms. The zero-order valence-corrected chi connectivity index (χ0v) is 22.2. The molecule has 0 amide bonds. The van der Waals surface area contributed by atoms with Crippen LogP contribution in [0, 0.1) is 13.8 Å². The topological polar surface area (TPSA) is 77.2 Å². The second-order valence-electron chi connectivity index (χ2n) is 10.4. The molecule has 3 aromatic rings. The summed E-state index contributed by atoms with van der Waals surface area (Å²) in [7, 11) is -1.90. The monoisotopic (exact) mass is 467 g/mol. The van der Waals surface area contributed by atoms with Gasteiger partial charge in [0.1, 0.15) is 5.52 Å². The summed E-state index contributed by atoms with van der Waals surface area (Å²) in [5, 5.41) is 18.5. The molecule has 3 rings (SSSR count). The third-order valence-electron chi connectivity index (χ3n) is 7.21. The highest BCUT2D eigenvalue weighted by molar-refractivity contribution is 6.74. The van der Waals surface area contributed by atoms with Crippen molar-refractivity contribution in [3.63, 3.8) is 0 Å². The Morgan fingerprint density at radius 1 is 1.18 bits per heavy atom. The van der Waals surface area contributed by atoms with Crippen molar-refractivity contribution in [1.82, 2.24) is 15.0 Å². The number of aryl methyl sites for hydroxylation is 3. The van der Waals surface area contributed by atoms with Gasteiger partial charge in [-0.05, 0) is 72.8 Å². The van der Waals surface area contributed by atoms with Crippen molar-refractivity contribution in [3.05, 3.63) is 58.1 Å². The number of rotatable bonds is 8. The van der Waals surface area contributed by atoms with E-state index >= 15 is 0 Å². The number of aliphatic carboxylic acids is 1. The second-order valence-corrected chi connectivity index (χ2v) is 15.2. The molecule has 1 atom stereocenters. The fraction of sp³-hybridized carbons (Fsp3) is 0.500. The highest BCUT2D eigenvalue weighted by Gasteiger charge is 2.37. The number of carboxylic acids is 1. The first-order valence-electron chi connectivity index (χ1n) is 11.6. The minimum absolute atomic E-state index is 0.0137. The fourth-order valence-corrected chi connectivity index (χ4v) is 4.86. The van der Waals surface area contributed by atoms with Gasteiger partial charge in [-0.3, -0.25) is 4.79 Å². The van der Waals surface area contributed by atoms with Gasteiger partial charge < -0.3 is 9.53 Å². The normalized spacial score (nSPS) is 13.5. The van der Waals surface area contributed by atoms with Gasteiger partial charge in [0, 0.05) is 12.5 Å². The molecule has 0 radical (unpaired) electrons. The molecule has 0 aliphatic heterocycles. The summed E-state index contributed by atoms with van der Waals surface area (Å²) in [6.07, 6.45) is 0.0137. The van der Waals surface area contributed by atoms with Crippen molar-refractivity contribution in [2.24, 2.45) is 0 Å². The Kier molecular flexibility index (Phi) is 7.15. The van der Waals surface area contributed by atoms with E-state index in [1.165, 1.54) is 0 Å². The minimum Gasteiger partial charge on any atom is -0.481 e. The van der Waals surface area contributed by atoms with Crippen LogP contribution in [0.25, 0.3) is 11.0 Å². The zero-order chi connectivity index (χ0) is 24.6. The molecule has 1 N–H and O–H groups in total. The lowest BCUT2D eigenvalue weighted by Gasteiger charge is -2.36. The summed E-state index contributed by atoms with van der Waals surface area (Å²) < 4.78 is 8.34. The molecule has 178 valence electrons. The van der Waals surface area contributed by atoms with Gasteiger partial charge in [-0.2, -0.15) is 0 Å². The number of benzene rings is 2. The molecule has 1 aromatic heterocycles. The average molecular weight is 468 g/mol. The van der Waals surface area contributed by atoms with Crippen molar-refractivity contribution in [3.8, 4) is 0 Å². The molecule has 2 aromatic carbocycles. The Balaban J connectivity index is 2.02. The summed E-state index contributed by atoms with van der Waals surface area (Å²) in [6, 6.07) is 10.3. The third-order valence-corrected chi connectivity index (χ3v) is 11.7. The number of hydrogen-bond acceptors (Lipinski definition) is 4. The van der Waals surface area contributed by atoms with Crippen LogP contribution in [0.2, 0.25) is 18.1 Å². The molecule has 0 fully saturated rings. The molecular formula is C26H37N3O3Si. The van der Waals surface area contributed by atoms with E-state index in [0.717, 1.165) is 45.4 Å². The molecule has 0 saturated heterocycles. The van der Waals surface area contributed by atoms with Gasteiger partial charge in [0.2, 0.25) is 0 Å². The van der Waals surface area contributed by atoms with Gasteiger partial charge in [-0.15, -0.1) is 5.10 Å². The minimum atomic E-state index is -1.90. The van der Waals surface area contributed by atoms with Gasteiger partial charge in [0.25, 0.3) is 0 Å². The van der Waals surface area contributed by atoms with Crippen LogP contribution >= 0.6 is 0 Å². The van der Waals surface area contributed by atoms with Crippen LogP contribution in [0.1, 0.15) is 67.9 Å². The van der Waals surface area contributed by atoms with E-state index in [9.17, 15) is 9.90 Å². The number of nitrogens with zero attached hydrogens (tertiary/aromatic N) is 3. The summed E-state index contributed by atoms with van der Waals surface area (Å²) in [6.45, 7) is 18.6. The van der Waals surface area contributed by atoms with E-state index in [1.54, 1.807) is 0 Å². The van der Waals surface area contributed by atoms with Crippen LogP contribution in [0.15, 0.2) is 30.3 Å². The van der Waals surface area contributed by atoms with Gasteiger partial charge in [-0.1, -0.05) is 50.3 Å². The molecule has 0 aliphatic carbocycles. The Bertz CT molecular complexity index is 1160. The van der Waals surface area contributed by atoms with Gasteiger partial charge in [0.15, 0.2) is 8.32 Å². The quantitative estimate of drug-likeness (QED) is 0.399. The lowest BCUT2D eigenvalue weighted by Crippen LogP contribution is -2.40. The SMILES string of the molecule is CCn1nnc2c(C)c(C(CC(=O)O)c3ccc(C)c(CO[Si](C)(C)C(C)(C)C)c3)ccc21. The summed E-state index contributed by atoms with van der Waals surface area (Å²) >= 11 is 0. The summed E-state index contributed by atoms with van der Waals surface area (Å²) in [5.41, 5.74) is 7.03. The molecule has 0 aliphatic rings. The van der Waals surface area contributed by atoms with E-state index in [1.807, 2.05) is 36.7 Å². The van der Waals surface area contributed by atoms with E-state index in [0.29, 0.717) is 6.61 Å². The molecular weight excluding hydrogens is 430 g/mol. The van der Waals surface area contributed by atoms with Gasteiger partial charge >= 0.3 is 5.97 Å². The van der Waals surface area contributed by atoms with Gasteiger partial charge in [-0.25, -0.2) is 4.68 Å². The Morgan fingerprint density at radius 3 is 2.48 bits per heavy atom. The standard InChI is InChI=1S/C26H37N3O3Si/c1-9-29-23-13-12-21(18(3)25(23)27-28-29)22(15-24(30)31)19-11-10-17(2)20(14-19)16-32-33(7,8)26(4,5)6/h10-14,22H,9,15-16H2,1-8H3,(H,30,31). The van der Waals surface area contributed by atoms with Crippen LogP contribution in [0.3, 0.4) is 0 Å². The first-order chi connectivity index (χ1) is 15.4. The smallest absolute Gasteiger partial charge is 0.304 e. The van der Waals surface area contributed by atoms with Crippen LogP contribution in [0.4, 0.5) is 0 Å². The molecule has 1 unspecified atom stereocenters. The molecule has 6 nitrogen and oxygen atoms in total. The fourth-order valence-electron chi connectivity index (χ4n) is 3.91. The Morgan fingerprint density at radius 2 is 1.88 bits per heavy atom. The van der Waals surface area contributed by atoms with Crippen LogP contribution in [-0.4, -0.2) is 34.4 Å². The predicted molar refractivity (Wildman–Crippen MR) is 135 cm³/mol. The van der Waals surface area contributed by atoms with E-state index in [-0.39, 0.29) is 17.4 Å². The second kappa shape index (κ2) is 9.39.